The SMILES string of the molecule is CC(=CC(=O)O)C(=O)c1ccc(Br)cc1. The summed E-state index contributed by atoms with van der Waals surface area (Å²) in [6, 6.07) is 6.76. The summed E-state index contributed by atoms with van der Waals surface area (Å²) in [5.74, 6) is -1.39. The van der Waals surface area contributed by atoms with Crippen LogP contribution in [0.4, 0.5) is 0 Å². The summed E-state index contributed by atoms with van der Waals surface area (Å²) in [6.45, 7) is 1.48. The molecule has 0 radical (unpaired) electrons. The fourth-order valence-corrected chi connectivity index (χ4v) is 1.34. The minimum Gasteiger partial charge on any atom is -0.478 e. The number of aliphatic carboxylic acids is 1. The second-order valence-electron chi connectivity index (χ2n) is 3.00. The van der Waals surface area contributed by atoms with Crippen molar-refractivity contribution in [3.63, 3.8) is 0 Å². The average molecular weight is 269 g/mol. The zero-order valence-corrected chi connectivity index (χ0v) is 9.61. The van der Waals surface area contributed by atoms with Gasteiger partial charge in [-0.15, -0.1) is 0 Å². The van der Waals surface area contributed by atoms with Crippen LogP contribution < -0.4 is 0 Å². The summed E-state index contributed by atoms with van der Waals surface area (Å²) in [6.07, 6.45) is 0.907. The van der Waals surface area contributed by atoms with Crippen LogP contribution in [0.2, 0.25) is 0 Å². The van der Waals surface area contributed by atoms with Gasteiger partial charge < -0.3 is 5.11 Å². The van der Waals surface area contributed by atoms with Gasteiger partial charge in [0, 0.05) is 21.7 Å². The second-order valence-corrected chi connectivity index (χ2v) is 3.92. The summed E-state index contributed by atoms with van der Waals surface area (Å²) in [5, 5.41) is 8.49. The molecule has 0 heterocycles. The number of rotatable bonds is 3. The van der Waals surface area contributed by atoms with Crippen molar-refractivity contribution in [3.8, 4) is 0 Å². The maximum atomic E-state index is 11.6. The fourth-order valence-electron chi connectivity index (χ4n) is 1.08. The first-order chi connectivity index (χ1) is 7.00. The maximum Gasteiger partial charge on any atom is 0.328 e. The first kappa shape index (κ1) is 11.7. The van der Waals surface area contributed by atoms with Crippen LogP contribution in [0.5, 0.6) is 0 Å². The first-order valence-electron chi connectivity index (χ1n) is 4.22. The third-order valence-electron chi connectivity index (χ3n) is 1.80. The van der Waals surface area contributed by atoms with Crippen molar-refractivity contribution in [1.82, 2.24) is 0 Å². The topological polar surface area (TPSA) is 54.4 Å². The molecule has 0 unspecified atom stereocenters. The molecule has 0 bridgehead atoms. The fraction of sp³-hybridized carbons (Fsp3) is 0.0909. The summed E-state index contributed by atoms with van der Waals surface area (Å²) in [4.78, 5) is 22.0. The first-order valence-corrected chi connectivity index (χ1v) is 5.01. The molecule has 0 amide bonds. The number of ketones is 1. The van der Waals surface area contributed by atoms with Crippen molar-refractivity contribution in [1.29, 1.82) is 0 Å². The normalized spacial score (nSPS) is 11.2. The lowest BCUT2D eigenvalue weighted by Crippen LogP contribution is -2.02. The quantitative estimate of drug-likeness (QED) is 0.678. The number of Topliss-reactive ketones (excluding diaryl/α,β-unsaturated/α-hetero) is 1. The molecule has 0 saturated heterocycles. The van der Waals surface area contributed by atoms with E-state index in [0.29, 0.717) is 5.56 Å². The van der Waals surface area contributed by atoms with Gasteiger partial charge >= 0.3 is 5.97 Å². The van der Waals surface area contributed by atoms with Crippen molar-refractivity contribution in [2.45, 2.75) is 6.92 Å². The monoisotopic (exact) mass is 268 g/mol. The van der Waals surface area contributed by atoms with E-state index >= 15 is 0 Å². The molecular formula is C11H9BrO3. The Morgan fingerprint density at radius 3 is 2.27 bits per heavy atom. The van der Waals surface area contributed by atoms with Crippen molar-refractivity contribution < 1.29 is 14.7 Å². The molecule has 78 valence electrons. The molecule has 0 aliphatic carbocycles. The highest BCUT2D eigenvalue weighted by Gasteiger charge is 2.08. The van der Waals surface area contributed by atoms with E-state index in [4.69, 9.17) is 5.11 Å². The van der Waals surface area contributed by atoms with Crippen molar-refractivity contribution in [2.24, 2.45) is 0 Å². The van der Waals surface area contributed by atoms with Crippen LogP contribution in [0.15, 0.2) is 40.4 Å². The van der Waals surface area contributed by atoms with E-state index in [1.165, 1.54) is 6.92 Å². The number of carboxylic acid groups (broad SMARTS) is 1. The molecular weight excluding hydrogens is 260 g/mol. The third kappa shape index (κ3) is 3.32. The highest BCUT2D eigenvalue weighted by molar-refractivity contribution is 9.10. The highest BCUT2D eigenvalue weighted by atomic mass is 79.9. The molecule has 1 aromatic carbocycles. The largest absolute Gasteiger partial charge is 0.478 e. The predicted molar refractivity (Wildman–Crippen MR) is 59.9 cm³/mol. The van der Waals surface area contributed by atoms with E-state index in [1.807, 2.05) is 0 Å². The van der Waals surface area contributed by atoms with Gasteiger partial charge in [-0.05, 0) is 31.2 Å². The summed E-state index contributed by atoms with van der Waals surface area (Å²) < 4.78 is 0.874. The number of benzene rings is 1. The number of hydrogen-bond acceptors (Lipinski definition) is 2. The van der Waals surface area contributed by atoms with E-state index in [0.717, 1.165) is 10.5 Å². The van der Waals surface area contributed by atoms with Gasteiger partial charge in [-0.25, -0.2) is 4.79 Å². The van der Waals surface area contributed by atoms with Crippen molar-refractivity contribution in [2.75, 3.05) is 0 Å². The third-order valence-corrected chi connectivity index (χ3v) is 2.33. The van der Waals surface area contributed by atoms with Crippen LogP contribution in [0.25, 0.3) is 0 Å². The molecule has 4 heteroatoms. The highest BCUT2D eigenvalue weighted by Crippen LogP contribution is 2.13. The smallest absolute Gasteiger partial charge is 0.328 e. The zero-order valence-electron chi connectivity index (χ0n) is 8.03. The van der Waals surface area contributed by atoms with Crippen LogP contribution in [0.1, 0.15) is 17.3 Å². The van der Waals surface area contributed by atoms with E-state index < -0.39 is 5.97 Å². The lowest BCUT2D eigenvalue weighted by molar-refractivity contribution is -0.131. The second kappa shape index (κ2) is 4.89. The molecule has 0 atom stereocenters. The van der Waals surface area contributed by atoms with Gasteiger partial charge in [-0.3, -0.25) is 4.79 Å². The number of carbonyl (C=O) groups excluding carboxylic acids is 1. The van der Waals surface area contributed by atoms with E-state index in [-0.39, 0.29) is 11.4 Å². The Balaban J connectivity index is 2.95. The van der Waals surface area contributed by atoms with Gasteiger partial charge in [-0.2, -0.15) is 0 Å². The Labute approximate surface area is 95.6 Å². The van der Waals surface area contributed by atoms with Gasteiger partial charge in [-0.1, -0.05) is 15.9 Å². The van der Waals surface area contributed by atoms with Crippen LogP contribution >= 0.6 is 15.9 Å². The van der Waals surface area contributed by atoms with Gasteiger partial charge in [0.1, 0.15) is 0 Å². The van der Waals surface area contributed by atoms with Gasteiger partial charge in [0.15, 0.2) is 5.78 Å². The molecule has 0 aromatic heterocycles. The Morgan fingerprint density at radius 2 is 1.80 bits per heavy atom. The number of hydrogen-bond donors (Lipinski definition) is 1. The Morgan fingerprint density at radius 1 is 1.27 bits per heavy atom. The molecule has 0 aliphatic rings. The Bertz CT molecular complexity index is 418. The summed E-state index contributed by atoms with van der Waals surface area (Å²) in [5.41, 5.74) is 0.693. The van der Waals surface area contributed by atoms with Crippen molar-refractivity contribution >= 4 is 27.7 Å². The maximum absolute atomic E-state index is 11.6. The Hall–Kier alpha value is -1.42. The van der Waals surface area contributed by atoms with Gasteiger partial charge in [0.2, 0.25) is 0 Å². The molecule has 1 rings (SSSR count). The molecule has 0 spiro atoms. The number of halogens is 1. The lowest BCUT2D eigenvalue weighted by atomic mass is 10.0. The zero-order chi connectivity index (χ0) is 11.4. The standard InChI is InChI=1S/C11H9BrO3/c1-7(6-10(13)14)11(15)8-2-4-9(12)5-3-8/h2-6H,1H3,(H,13,14). The average Bonchev–Trinajstić information content (AvgIpc) is 2.17. The molecule has 0 aliphatic heterocycles. The van der Waals surface area contributed by atoms with Gasteiger partial charge in [0.05, 0.1) is 0 Å². The summed E-state index contributed by atoms with van der Waals surface area (Å²) in [7, 11) is 0. The van der Waals surface area contributed by atoms with Crippen LogP contribution in [0, 0.1) is 0 Å². The Kier molecular flexibility index (Phi) is 3.80. The molecule has 0 fully saturated rings. The van der Waals surface area contributed by atoms with E-state index in [2.05, 4.69) is 15.9 Å². The summed E-state index contributed by atoms with van der Waals surface area (Å²) >= 11 is 3.25. The minimum absolute atomic E-state index is 0.213. The number of carboxylic acids is 1. The minimum atomic E-state index is -1.11. The van der Waals surface area contributed by atoms with Crippen molar-refractivity contribution in [3.05, 3.63) is 46.0 Å². The molecule has 15 heavy (non-hydrogen) atoms. The lowest BCUT2D eigenvalue weighted by Gasteiger charge is -2.00. The van der Waals surface area contributed by atoms with Crippen LogP contribution in [-0.4, -0.2) is 16.9 Å². The molecule has 1 N–H and O–H groups in total. The number of allylic oxidation sites excluding steroid dienone is 1. The van der Waals surface area contributed by atoms with Gasteiger partial charge in [0.25, 0.3) is 0 Å². The van der Waals surface area contributed by atoms with E-state index in [1.54, 1.807) is 24.3 Å². The molecule has 3 nitrogen and oxygen atoms in total. The molecule has 1 aromatic rings. The number of carbonyl (C=O) groups is 2. The van der Waals surface area contributed by atoms with E-state index in [9.17, 15) is 9.59 Å². The van der Waals surface area contributed by atoms with Crippen LogP contribution in [0.3, 0.4) is 0 Å². The molecule has 0 saturated carbocycles. The van der Waals surface area contributed by atoms with Crippen LogP contribution in [-0.2, 0) is 4.79 Å². The predicted octanol–water partition coefficient (Wildman–Crippen LogP) is 2.66.